The average Bonchev–Trinajstić information content (AvgIpc) is 2.88. The van der Waals surface area contributed by atoms with Crippen molar-refractivity contribution in [3.8, 4) is 23.0 Å². The van der Waals surface area contributed by atoms with Crippen molar-refractivity contribution in [3.63, 3.8) is 0 Å². The molecular weight excluding hydrogens is 548 g/mol. The lowest BCUT2D eigenvalue weighted by molar-refractivity contribution is 0.202. The number of nitrogens with one attached hydrogen (secondary N) is 2. The first-order chi connectivity index (χ1) is 17.4. The topological polar surface area (TPSA) is 128 Å². The summed E-state index contributed by atoms with van der Waals surface area (Å²) in [6, 6.07) is 16.9. The first kappa shape index (κ1) is 25.5. The highest BCUT2D eigenvalue weighted by Gasteiger charge is 2.20. The molecule has 2 N–H and O–H groups in total. The fourth-order valence-corrected chi connectivity index (χ4v) is 4.16. The number of nitrogens with zero attached hydrogens (tertiary/aromatic N) is 4. The van der Waals surface area contributed by atoms with Crippen LogP contribution in [0.4, 0.5) is 5.82 Å². The minimum absolute atomic E-state index is 0.0848. The van der Waals surface area contributed by atoms with Gasteiger partial charge in [0.1, 0.15) is 19.5 Å². The molecule has 0 spiro atoms. The molecule has 2 aromatic carbocycles. The molecule has 0 saturated heterocycles. The highest BCUT2D eigenvalue weighted by atomic mass is 79.9. The van der Waals surface area contributed by atoms with Crippen molar-refractivity contribution >= 4 is 32.0 Å². The van der Waals surface area contributed by atoms with Crippen LogP contribution >= 0.6 is 15.9 Å². The summed E-state index contributed by atoms with van der Waals surface area (Å²) in [5, 5.41) is 0. The molecule has 0 fully saturated rings. The molecule has 0 atom stereocenters. The van der Waals surface area contributed by atoms with Crippen LogP contribution in [0.1, 0.15) is 11.1 Å². The van der Waals surface area contributed by atoms with Gasteiger partial charge in [-0.05, 0) is 34.0 Å². The van der Waals surface area contributed by atoms with Crippen LogP contribution < -0.4 is 18.9 Å². The zero-order valence-corrected chi connectivity index (χ0v) is 21.7. The molecule has 2 heterocycles. The molecule has 0 bridgehead atoms. The monoisotopic (exact) mass is 570 g/mol. The third-order valence-electron chi connectivity index (χ3n) is 4.84. The molecule has 4 aromatic rings. The Morgan fingerprint density at radius 2 is 1.58 bits per heavy atom. The van der Waals surface area contributed by atoms with Gasteiger partial charge in [-0.3, -0.25) is 4.72 Å². The number of ether oxygens (including phenoxy) is 2. The quantitative estimate of drug-likeness (QED) is 0.260. The van der Waals surface area contributed by atoms with Crippen LogP contribution in [0.2, 0.25) is 0 Å². The molecule has 0 aliphatic rings. The van der Waals surface area contributed by atoms with E-state index in [0.29, 0.717) is 11.1 Å². The Morgan fingerprint density at radius 3 is 2.31 bits per heavy atom. The molecule has 0 aliphatic carbocycles. The molecule has 36 heavy (non-hydrogen) atoms. The van der Waals surface area contributed by atoms with Crippen LogP contribution in [-0.2, 0) is 16.8 Å². The van der Waals surface area contributed by atoms with Crippen LogP contribution in [0.25, 0.3) is 11.1 Å². The van der Waals surface area contributed by atoms with Crippen molar-refractivity contribution in [3.05, 3.63) is 88.9 Å². The van der Waals surface area contributed by atoms with E-state index in [1.165, 1.54) is 6.33 Å². The zero-order chi connectivity index (χ0) is 25.4. The Morgan fingerprint density at radius 1 is 0.889 bits per heavy atom. The van der Waals surface area contributed by atoms with Gasteiger partial charge in [-0.2, -0.15) is 13.1 Å². The Hall–Kier alpha value is -3.61. The number of anilines is 1. The van der Waals surface area contributed by atoms with Crippen molar-refractivity contribution in [2.45, 2.75) is 13.5 Å². The maximum absolute atomic E-state index is 12.8. The minimum atomic E-state index is -3.94. The summed E-state index contributed by atoms with van der Waals surface area (Å²) < 4.78 is 42.7. The standard InChI is InChI=1S/C24H23BrN6O4S/c1-17-7-9-19(10-8-17)21-22(31-36(32,33)30-13-18-5-3-2-4-6-18)28-16-29-23(21)34-11-12-35-24-26-14-20(25)15-27-24/h2-10,14-16,30H,11-13H2,1H3,(H,28,29,31). The first-order valence-corrected chi connectivity index (χ1v) is 13.1. The number of halogens is 1. The van der Waals surface area contributed by atoms with E-state index in [1.54, 1.807) is 12.4 Å². The zero-order valence-electron chi connectivity index (χ0n) is 19.3. The van der Waals surface area contributed by atoms with Gasteiger partial charge in [-0.15, -0.1) is 0 Å². The third-order valence-corrected chi connectivity index (χ3v) is 6.24. The van der Waals surface area contributed by atoms with Crippen molar-refractivity contribution < 1.29 is 17.9 Å². The van der Waals surface area contributed by atoms with E-state index in [1.807, 2.05) is 61.5 Å². The van der Waals surface area contributed by atoms with Gasteiger partial charge in [-0.1, -0.05) is 60.2 Å². The predicted octanol–water partition coefficient (Wildman–Crippen LogP) is 3.91. The number of rotatable bonds is 11. The smallest absolute Gasteiger partial charge is 0.316 e. The van der Waals surface area contributed by atoms with E-state index < -0.39 is 10.2 Å². The Labute approximate surface area is 217 Å². The maximum Gasteiger partial charge on any atom is 0.316 e. The highest BCUT2D eigenvalue weighted by Crippen LogP contribution is 2.34. The van der Waals surface area contributed by atoms with E-state index in [2.05, 4.69) is 45.3 Å². The molecule has 0 amide bonds. The molecule has 4 rings (SSSR count). The van der Waals surface area contributed by atoms with Gasteiger partial charge >= 0.3 is 16.2 Å². The Kier molecular flexibility index (Phi) is 8.41. The summed E-state index contributed by atoms with van der Waals surface area (Å²) >= 11 is 3.27. The molecule has 0 saturated carbocycles. The van der Waals surface area contributed by atoms with Gasteiger partial charge in [0.2, 0.25) is 5.88 Å². The molecule has 0 unspecified atom stereocenters. The van der Waals surface area contributed by atoms with Gasteiger partial charge in [-0.25, -0.2) is 19.9 Å². The largest absolute Gasteiger partial charge is 0.473 e. The van der Waals surface area contributed by atoms with Crippen molar-refractivity contribution in [2.24, 2.45) is 0 Å². The molecule has 2 aromatic heterocycles. The van der Waals surface area contributed by atoms with Gasteiger partial charge in [0, 0.05) is 18.9 Å². The lowest BCUT2D eigenvalue weighted by Gasteiger charge is -2.16. The second-order valence-corrected chi connectivity index (χ2v) is 9.98. The summed E-state index contributed by atoms with van der Waals surface area (Å²) in [5.41, 5.74) is 2.97. The summed E-state index contributed by atoms with van der Waals surface area (Å²) in [4.78, 5) is 16.5. The van der Waals surface area contributed by atoms with Gasteiger partial charge in [0.05, 0.1) is 10.0 Å². The van der Waals surface area contributed by atoms with Gasteiger partial charge in [0.25, 0.3) is 0 Å². The van der Waals surface area contributed by atoms with Crippen LogP contribution in [0, 0.1) is 6.92 Å². The van der Waals surface area contributed by atoms with Gasteiger partial charge in [0.15, 0.2) is 5.82 Å². The lowest BCUT2D eigenvalue weighted by atomic mass is 10.1. The molecular formula is C24H23BrN6O4S. The summed E-state index contributed by atoms with van der Waals surface area (Å²) in [6.45, 7) is 2.35. The van der Waals surface area contributed by atoms with Crippen molar-refractivity contribution in [2.75, 3.05) is 17.9 Å². The number of hydrogen-bond acceptors (Lipinski definition) is 8. The van der Waals surface area contributed by atoms with E-state index >= 15 is 0 Å². The van der Waals surface area contributed by atoms with E-state index in [4.69, 9.17) is 9.47 Å². The Bertz CT molecular complexity index is 1390. The number of aryl methyl sites for hydroxylation is 1. The van der Waals surface area contributed by atoms with Crippen LogP contribution in [-0.4, -0.2) is 41.6 Å². The van der Waals surface area contributed by atoms with Crippen molar-refractivity contribution in [1.29, 1.82) is 0 Å². The van der Waals surface area contributed by atoms with E-state index in [9.17, 15) is 8.42 Å². The highest BCUT2D eigenvalue weighted by molar-refractivity contribution is 9.10. The number of hydrogen-bond donors (Lipinski definition) is 2. The lowest BCUT2D eigenvalue weighted by Crippen LogP contribution is -2.30. The Balaban J connectivity index is 1.52. The summed E-state index contributed by atoms with van der Waals surface area (Å²) in [5.74, 6) is 0.288. The summed E-state index contributed by atoms with van der Waals surface area (Å²) in [6.07, 6.45) is 4.39. The fraction of sp³-hybridized carbons (Fsp3) is 0.167. The SMILES string of the molecule is Cc1ccc(-c2c(NS(=O)(=O)NCc3ccccc3)ncnc2OCCOc2ncc(Br)cn2)cc1. The summed E-state index contributed by atoms with van der Waals surface area (Å²) in [7, 11) is -3.94. The fourth-order valence-electron chi connectivity index (χ4n) is 3.12. The van der Waals surface area contributed by atoms with E-state index in [0.717, 1.165) is 15.6 Å². The number of aromatic nitrogens is 4. The maximum atomic E-state index is 12.8. The third kappa shape index (κ3) is 7.20. The van der Waals surface area contributed by atoms with Gasteiger partial charge < -0.3 is 9.47 Å². The number of benzene rings is 2. The first-order valence-electron chi connectivity index (χ1n) is 10.9. The van der Waals surface area contributed by atoms with E-state index in [-0.39, 0.29) is 37.5 Å². The van der Waals surface area contributed by atoms with Crippen LogP contribution in [0.15, 0.2) is 77.8 Å². The molecule has 0 radical (unpaired) electrons. The second-order valence-electron chi connectivity index (χ2n) is 7.56. The predicted molar refractivity (Wildman–Crippen MR) is 139 cm³/mol. The molecule has 186 valence electrons. The second kappa shape index (κ2) is 11.9. The average molecular weight is 571 g/mol. The van der Waals surface area contributed by atoms with Crippen molar-refractivity contribution in [1.82, 2.24) is 24.7 Å². The molecule has 12 heteroatoms. The van der Waals surface area contributed by atoms with Crippen LogP contribution in [0.5, 0.6) is 11.9 Å². The van der Waals surface area contributed by atoms with Crippen LogP contribution in [0.3, 0.4) is 0 Å². The molecule has 10 nitrogen and oxygen atoms in total. The molecule has 0 aliphatic heterocycles. The minimum Gasteiger partial charge on any atom is -0.473 e. The normalized spacial score (nSPS) is 11.2.